The monoisotopic (exact) mass is 211 g/mol. The van der Waals surface area contributed by atoms with E-state index in [9.17, 15) is 0 Å². The second kappa shape index (κ2) is 4.86. The Morgan fingerprint density at radius 1 is 1.27 bits per heavy atom. The standard InChI is InChI=1S/C12H25N3/c1-6-8-9-15-11(12(3,4)5)14(7-2)10-13-15/h10-11H,6-9H2,1-5H3. The highest BCUT2D eigenvalue weighted by molar-refractivity contribution is 5.57. The van der Waals surface area contributed by atoms with E-state index < -0.39 is 0 Å². The summed E-state index contributed by atoms with van der Waals surface area (Å²) in [7, 11) is 0. The minimum Gasteiger partial charge on any atom is -0.339 e. The van der Waals surface area contributed by atoms with Gasteiger partial charge in [0, 0.05) is 18.5 Å². The lowest BCUT2D eigenvalue weighted by molar-refractivity contribution is 0.0381. The van der Waals surface area contributed by atoms with Crippen LogP contribution in [0.15, 0.2) is 5.10 Å². The number of hydrogen-bond acceptors (Lipinski definition) is 3. The Morgan fingerprint density at radius 3 is 2.40 bits per heavy atom. The van der Waals surface area contributed by atoms with Crippen molar-refractivity contribution in [3.8, 4) is 0 Å². The van der Waals surface area contributed by atoms with Gasteiger partial charge in [-0.2, -0.15) is 5.10 Å². The molecule has 88 valence electrons. The molecule has 1 aliphatic heterocycles. The molecule has 0 fully saturated rings. The zero-order chi connectivity index (χ0) is 11.5. The highest BCUT2D eigenvalue weighted by atomic mass is 15.6. The molecule has 0 aromatic heterocycles. The Hall–Kier alpha value is -0.730. The van der Waals surface area contributed by atoms with E-state index in [1.165, 1.54) is 12.8 Å². The Kier molecular flexibility index (Phi) is 4.00. The van der Waals surface area contributed by atoms with Crippen LogP contribution in [0.4, 0.5) is 0 Å². The molecule has 1 heterocycles. The van der Waals surface area contributed by atoms with Crippen LogP contribution in [-0.2, 0) is 0 Å². The summed E-state index contributed by atoms with van der Waals surface area (Å²) in [5.74, 6) is 0. The smallest absolute Gasteiger partial charge is 0.124 e. The molecule has 3 heteroatoms. The second-order valence-electron chi connectivity index (χ2n) is 5.32. The van der Waals surface area contributed by atoms with E-state index in [0.29, 0.717) is 6.17 Å². The Labute approximate surface area is 94.1 Å². The highest BCUT2D eigenvalue weighted by Gasteiger charge is 2.36. The molecule has 0 spiro atoms. The number of rotatable bonds is 4. The summed E-state index contributed by atoms with van der Waals surface area (Å²) in [6, 6.07) is 0. The molecule has 3 nitrogen and oxygen atoms in total. The maximum Gasteiger partial charge on any atom is 0.124 e. The molecule has 0 radical (unpaired) electrons. The van der Waals surface area contributed by atoms with Crippen LogP contribution in [0.5, 0.6) is 0 Å². The van der Waals surface area contributed by atoms with E-state index in [1.54, 1.807) is 0 Å². The van der Waals surface area contributed by atoms with Crippen molar-refractivity contribution in [3.63, 3.8) is 0 Å². The highest BCUT2D eigenvalue weighted by Crippen LogP contribution is 2.30. The van der Waals surface area contributed by atoms with Gasteiger partial charge in [-0.25, -0.2) is 0 Å². The molecular formula is C12H25N3. The normalized spacial score (nSPS) is 21.5. The van der Waals surface area contributed by atoms with Gasteiger partial charge >= 0.3 is 0 Å². The fourth-order valence-corrected chi connectivity index (χ4v) is 2.13. The summed E-state index contributed by atoms with van der Waals surface area (Å²) >= 11 is 0. The quantitative estimate of drug-likeness (QED) is 0.712. The molecule has 0 bridgehead atoms. The van der Waals surface area contributed by atoms with E-state index in [1.807, 2.05) is 6.34 Å². The molecule has 0 aliphatic carbocycles. The number of unbranched alkanes of at least 4 members (excludes halogenated alkanes) is 1. The summed E-state index contributed by atoms with van der Waals surface area (Å²) in [6.07, 6.45) is 4.87. The molecule has 0 aromatic rings. The Morgan fingerprint density at radius 2 is 1.93 bits per heavy atom. The largest absolute Gasteiger partial charge is 0.339 e. The second-order valence-corrected chi connectivity index (χ2v) is 5.32. The SMILES string of the molecule is CCCCN1N=CN(CC)C1C(C)(C)C. The summed E-state index contributed by atoms with van der Waals surface area (Å²) in [4.78, 5) is 2.33. The van der Waals surface area contributed by atoms with Crippen molar-refractivity contribution < 1.29 is 0 Å². The Balaban J connectivity index is 2.67. The van der Waals surface area contributed by atoms with Crippen molar-refractivity contribution in [2.45, 2.75) is 53.6 Å². The van der Waals surface area contributed by atoms with Gasteiger partial charge in [0.2, 0.25) is 0 Å². The van der Waals surface area contributed by atoms with Gasteiger partial charge in [-0.05, 0) is 13.3 Å². The topological polar surface area (TPSA) is 18.8 Å². The molecule has 15 heavy (non-hydrogen) atoms. The van der Waals surface area contributed by atoms with Crippen LogP contribution in [0.1, 0.15) is 47.5 Å². The fraction of sp³-hybridized carbons (Fsp3) is 0.917. The van der Waals surface area contributed by atoms with Crippen molar-refractivity contribution in [1.29, 1.82) is 0 Å². The maximum absolute atomic E-state index is 4.51. The van der Waals surface area contributed by atoms with Gasteiger partial charge in [-0.1, -0.05) is 34.1 Å². The third kappa shape index (κ3) is 2.86. The van der Waals surface area contributed by atoms with Gasteiger partial charge in [0.1, 0.15) is 12.5 Å². The molecule has 1 rings (SSSR count). The van der Waals surface area contributed by atoms with Crippen LogP contribution in [-0.4, -0.2) is 35.5 Å². The van der Waals surface area contributed by atoms with Crippen LogP contribution >= 0.6 is 0 Å². The van der Waals surface area contributed by atoms with Gasteiger partial charge in [0.15, 0.2) is 0 Å². The van der Waals surface area contributed by atoms with Gasteiger partial charge < -0.3 is 4.90 Å². The van der Waals surface area contributed by atoms with Crippen molar-refractivity contribution in [2.75, 3.05) is 13.1 Å². The van der Waals surface area contributed by atoms with Crippen molar-refractivity contribution >= 4 is 6.34 Å². The van der Waals surface area contributed by atoms with Crippen molar-refractivity contribution in [1.82, 2.24) is 9.91 Å². The van der Waals surface area contributed by atoms with Crippen LogP contribution in [0.3, 0.4) is 0 Å². The van der Waals surface area contributed by atoms with E-state index in [4.69, 9.17) is 0 Å². The van der Waals surface area contributed by atoms with E-state index >= 15 is 0 Å². The Bertz CT molecular complexity index is 217. The molecule has 1 aliphatic rings. The van der Waals surface area contributed by atoms with Gasteiger partial charge in [-0.3, -0.25) is 5.01 Å². The minimum atomic E-state index is 0.250. The first kappa shape index (κ1) is 12.3. The minimum absolute atomic E-state index is 0.250. The zero-order valence-corrected chi connectivity index (χ0v) is 10.8. The lowest BCUT2D eigenvalue weighted by atomic mass is 9.91. The molecular weight excluding hydrogens is 186 g/mol. The molecule has 1 unspecified atom stereocenters. The van der Waals surface area contributed by atoms with Gasteiger partial charge in [0.05, 0.1) is 0 Å². The van der Waals surface area contributed by atoms with E-state index in [0.717, 1.165) is 13.1 Å². The molecule has 0 aromatic carbocycles. The lowest BCUT2D eigenvalue weighted by Crippen LogP contribution is -2.48. The average molecular weight is 211 g/mol. The predicted octanol–water partition coefficient (Wildman–Crippen LogP) is 2.74. The number of nitrogens with zero attached hydrogens (tertiary/aromatic N) is 3. The van der Waals surface area contributed by atoms with Crippen LogP contribution in [0.2, 0.25) is 0 Å². The van der Waals surface area contributed by atoms with Crippen LogP contribution in [0.25, 0.3) is 0 Å². The fourth-order valence-electron chi connectivity index (χ4n) is 2.13. The number of hydrazone groups is 1. The summed E-state index contributed by atoms with van der Waals surface area (Å²) in [5, 5.41) is 6.75. The first-order valence-corrected chi connectivity index (χ1v) is 6.07. The summed E-state index contributed by atoms with van der Waals surface area (Å²) in [6.45, 7) is 13.4. The molecule has 0 N–H and O–H groups in total. The first-order chi connectivity index (χ1) is 7.00. The predicted molar refractivity (Wildman–Crippen MR) is 65.7 cm³/mol. The molecule has 1 atom stereocenters. The van der Waals surface area contributed by atoms with Gasteiger partial charge in [-0.15, -0.1) is 0 Å². The average Bonchev–Trinajstić information content (AvgIpc) is 2.56. The van der Waals surface area contributed by atoms with Crippen LogP contribution < -0.4 is 0 Å². The third-order valence-electron chi connectivity index (χ3n) is 2.83. The lowest BCUT2D eigenvalue weighted by Gasteiger charge is -2.39. The van der Waals surface area contributed by atoms with E-state index in [2.05, 4.69) is 49.6 Å². The van der Waals surface area contributed by atoms with Crippen molar-refractivity contribution in [3.05, 3.63) is 0 Å². The number of hydrogen-bond donors (Lipinski definition) is 0. The summed E-state index contributed by atoms with van der Waals surface area (Å²) < 4.78 is 0. The maximum atomic E-state index is 4.51. The molecule has 0 amide bonds. The molecule has 0 saturated heterocycles. The third-order valence-corrected chi connectivity index (χ3v) is 2.83. The van der Waals surface area contributed by atoms with Gasteiger partial charge in [0.25, 0.3) is 0 Å². The van der Waals surface area contributed by atoms with Crippen LogP contribution in [0, 0.1) is 5.41 Å². The van der Waals surface area contributed by atoms with E-state index in [-0.39, 0.29) is 5.41 Å². The van der Waals surface area contributed by atoms with Crippen molar-refractivity contribution in [2.24, 2.45) is 10.5 Å². The summed E-state index contributed by atoms with van der Waals surface area (Å²) in [5.41, 5.74) is 0.250. The molecule has 0 saturated carbocycles. The first-order valence-electron chi connectivity index (χ1n) is 6.07. The zero-order valence-electron chi connectivity index (χ0n) is 10.8.